The molecule has 0 aliphatic heterocycles. The van der Waals surface area contributed by atoms with Gasteiger partial charge in [-0.15, -0.1) is 6.42 Å². The van der Waals surface area contributed by atoms with E-state index < -0.39 is 16.9 Å². The fourth-order valence-electron chi connectivity index (χ4n) is 1.33. The summed E-state index contributed by atoms with van der Waals surface area (Å²) in [7, 11) is 0. The summed E-state index contributed by atoms with van der Waals surface area (Å²) < 4.78 is 0. The molecule has 1 unspecified atom stereocenters. The predicted molar refractivity (Wildman–Crippen MR) is 68.5 cm³/mol. The van der Waals surface area contributed by atoms with Crippen molar-refractivity contribution >= 4 is 23.2 Å². The molecule has 1 N–H and O–H groups in total. The first kappa shape index (κ1) is 14.0. The number of terminal acetylenes is 1. The van der Waals surface area contributed by atoms with Gasteiger partial charge in [0.1, 0.15) is 5.02 Å². The van der Waals surface area contributed by atoms with Gasteiger partial charge in [0.25, 0.3) is 11.6 Å². The summed E-state index contributed by atoms with van der Waals surface area (Å²) >= 11 is 5.81. The highest BCUT2D eigenvalue weighted by molar-refractivity contribution is 6.35. The lowest BCUT2D eigenvalue weighted by atomic mass is 10.1. The average molecular weight is 267 g/mol. The number of nitro benzene ring substituents is 1. The summed E-state index contributed by atoms with van der Waals surface area (Å²) in [5.41, 5.74) is -0.266. The van der Waals surface area contributed by atoms with E-state index in [4.69, 9.17) is 18.0 Å². The third-order valence-electron chi connectivity index (χ3n) is 2.33. The van der Waals surface area contributed by atoms with E-state index in [0.717, 1.165) is 0 Å². The van der Waals surface area contributed by atoms with Crippen molar-refractivity contribution in [1.82, 2.24) is 5.32 Å². The smallest absolute Gasteiger partial charge is 0.288 e. The molecule has 1 rings (SSSR count). The Kier molecular flexibility index (Phi) is 4.69. The maximum Gasteiger partial charge on any atom is 0.288 e. The van der Waals surface area contributed by atoms with Crippen molar-refractivity contribution in [3.8, 4) is 12.3 Å². The summed E-state index contributed by atoms with van der Waals surface area (Å²) in [6.07, 6.45) is 5.78. The number of halogens is 1. The molecule has 0 saturated heterocycles. The zero-order valence-electron chi connectivity index (χ0n) is 9.64. The van der Waals surface area contributed by atoms with E-state index in [-0.39, 0.29) is 16.3 Å². The van der Waals surface area contributed by atoms with Gasteiger partial charge in [-0.1, -0.05) is 30.5 Å². The molecule has 1 amide bonds. The van der Waals surface area contributed by atoms with Gasteiger partial charge >= 0.3 is 0 Å². The van der Waals surface area contributed by atoms with Gasteiger partial charge < -0.3 is 5.32 Å². The summed E-state index contributed by atoms with van der Waals surface area (Å²) in [5, 5.41) is 13.1. The van der Waals surface area contributed by atoms with E-state index in [1.807, 2.05) is 6.92 Å². The van der Waals surface area contributed by atoms with Crippen LogP contribution in [0.25, 0.3) is 0 Å². The molecule has 0 spiro atoms. The molecule has 0 bridgehead atoms. The zero-order valence-corrected chi connectivity index (χ0v) is 10.4. The van der Waals surface area contributed by atoms with Gasteiger partial charge in [0, 0.05) is 6.07 Å². The lowest BCUT2D eigenvalue weighted by Crippen LogP contribution is -2.33. The largest absolute Gasteiger partial charge is 0.338 e. The van der Waals surface area contributed by atoms with Crippen molar-refractivity contribution < 1.29 is 9.72 Å². The molecule has 0 aliphatic rings. The lowest BCUT2D eigenvalue weighted by molar-refractivity contribution is -0.384. The van der Waals surface area contributed by atoms with Gasteiger partial charge in [0.2, 0.25) is 0 Å². The molecule has 6 heteroatoms. The second kappa shape index (κ2) is 6.03. The summed E-state index contributed by atoms with van der Waals surface area (Å²) in [6, 6.07) is 3.62. The number of benzene rings is 1. The third-order valence-corrected chi connectivity index (χ3v) is 2.73. The van der Waals surface area contributed by atoms with Crippen molar-refractivity contribution in [1.29, 1.82) is 0 Å². The molecule has 94 valence electrons. The summed E-state index contributed by atoms with van der Waals surface area (Å²) in [4.78, 5) is 21.9. The molecule has 1 aromatic rings. The molecule has 1 aromatic carbocycles. The molecule has 0 aromatic heterocycles. The van der Waals surface area contributed by atoms with Gasteiger partial charge in [-0.25, -0.2) is 0 Å². The fourth-order valence-corrected chi connectivity index (χ4v) is 1.61. The second-order valence-corrected chi connectivity index (χ2v) is 3.87. The molecule has 5 nitrogen and oxygen atoms in total. The first-order valence-electron chi connectivity index (χ1n) is 5.21. The Balaban J connectivity index is 3.04. The first-order valence-corrected chi connectivity index (χ1v) is 5.59. The Labute approximate surface area is 109 Å². The van der Waals surface area contributed by atoms with Crippen LogP contribution in [0.15, 0.2) is 18.2 Å². The SMILES string of the molecule is C#CC(CC)NC(=O)c1cccc([N+](=O)[O-])c1Cl. The number of hydrogen-bond donors (Lipinski definition) is 1. The van der Waals surface area contributed by atoms with Crippen LogP contribution in [-0.4, -0.2) is 16.9 Å². The van der Waals surface area contributed by atoms with Crippen LogP contribution in [0, 0.1) is 22.5 Å². The number of rotatable bonds is 4. The average Bonchev–Trinajstić information content (AvgIpc) is 2.35. The van der Waals surface area contributed by atoms with Crippen molar-refractivity contribution in [2.24, 2.45) is 0 Å². The van der Waals surface area contributed by atoms with E-state index in [1.54, 1.807) is 0 Å². The third kappa shape index (κ3) is 2.99. The normalized spacial score (nSPS) is 11.4. The van der Waals surface area contributed by atoms with Crippen LogP contribution in [0.2, 0.25) is 5.02 Å². The standard InChI is InChI=1S/C12H11ClN2O3/c1-3-8(4-2)14-12(16)9-6-5-7-10(11(9)13)15(17)18/h1,5-8H,4H2,2H3,(H,14,16). The Morgan fingerprint density at radius 3 is 2.83 bits per heavy atom. The van der Waals surface area contributed by atoms with Gasteiger partial charge in [-0.2, -0.15) is 0 Å². The highest BCUT2D eigenvalue weighted by atomic mass is 35.5. The first-order chi connectivity index (χ1) is 8.51. The van der Waals surface area contributed by atoms with Crippen molar-refractivity contribution in [3.05, 3.63) is 38.9 Å². The monoisotopic (exact) mass is 266 g/mol. The lowest BCUT2D eigenvalue weighted by Gasteiger charge is -2.11. The molecule has 0 saturated carbocycles. The molecular weight excluding hydrogens is 256 g/mol. The van der Waals surface area contributed by atoms with Gasteiger partial charge in [-0.05, 0) is 12.5 Å². The van der Waals surface area contributed by atoms with Crippen LogP contribution in [-0.2, 0) is 0 Å². The van der Waals surface area contributed by atoms with Crippen LogP contribution >= 0.6 is 11.6 Å². The number of hydrogen-bond acceptors (Lipinski definition) is 3. The van der Waals surface area contributed by atoms with Gasteiger partial charge in [0.15, 0.2) is 0 Å². The maximum atomic E-state index is 11.9. The highest BCUT2D eigenvalue weighted by Crippen LogP contribution is 2.27. The molecular formula is C12H11ClN2O3. The molecule has 0 radical (unpaired) electrons. The Bertz CT molecular complexity index is 523. The number of amides is 1. The van der Waals surface area contributed by atoms with Crippen molar-refractivity contribution in [2.45, 2.75) is 19.4 Å². The minimum absolute atomic E-state index is 0.0413. The van der Waals surface area contributed by atoms with E-state index >= 15 is 0 Å². The van der Waals surface area contributed by atoms with Gasteiger partial charge in [0.05, 0.1) is 16.5 Å². The Morgan fingerprint density at radius 2 is 2.33 bits per heavy atom. The molecule has 0 fully saturated rings. The topological polar surface area (TPSA) is 72.2 Å². The highest BCUT2D eigenvalue weighted by Gasteiger charge is 2.20. The number of nitro groups is 1. The summed E-state index contributed by atoms with van der Waals surface area (Å²) in [5.74, 6) is 1.88. The van der Waals surface area contributed by atoms with E-state index in [0.29, 0.717) is 6.42 Å². The maximum absolute atomic E-state index is 11.9. The van der Waals surface area contributed by atoms with Crippen LogP contribution in [0.4, 0.5) is 5.69 Å². The van der Waals surface area contributed by atoms with E-state index in [2.05, 4.69) is 11.2 Å². The molecule has 0 aliphatic carbocycles. The Morgan fingerprint density at radius 1 is 1.67 bits per heavy atom. The van der Waals surface area contributed by atoms with Crippen LogP contribution in [0.1, 0.15) is 23.7 Å². The predicted octanol–water partition coefficient (Wildman–Crippen LogP) is 2.39. The number of nitrogens with one attached hydrogen (secondary N) is 1. The number of carbonyl (C=O) groups excluding carboxylic acids is 1. The number of nitrogens with zero attached hydrogens (tertiary/aromatic N) is 1. The quantitative estimate of drug-likeness (QED) is 0.517. The van der Waals surface area contributed by atoms with Crippen LogP contribution in [0.3, 0.4) is 0 Å². The fraction of sp³-hybridized carbons (Fsp3) is 0.250. The molecule has 18 heavy (non-hydrogen) atoms. The van der Waals surface area contributed by atoms with E-state index in [9.17, 15) is 14.9 Å². The van der Waals surface area contributed by atoms with Crippen LogP contribution < -0.4 is 5.32 Å². The van der Waals surface area contributed by atoms with E-state index in [1.165, 1.54) is 18.2 Å². The van der Waals surface area contributed by atoms with Crippen molar-refractivity contribution in [2.75, 3.05) is 0 Å². The minimum Gasteiger partial charge on any atom is -0.338 e. The van der Waals surface area contributed by atoms with Crippen molar-refractivity contribution in [3.63, 3.8) is 0 Å². The Hall–Kier alpha value is -2.06. The van der Waals surface area contributed by atoms with Crippen LogP contribution in [0.5, 0.6) is 0 Å². The van der Waals surface area contributed by atoms with Gasteiger partial charge in [-0.3, -0.25) is 14.9 Å². The summed E-state index contributed by atoms with van der Waals surface area (Å²) in [6.45, 7) is 1.82. The molecule has 1 atom stereocenters. The zero-order chi connectivity index (χ0) is 13.7. The number of carbonyl (C=O) groups is 1. The minimum atomic E-state index is -0.641. The molecule has 0 heterocycles. The second-order valence-electron chi connectivity index (χ2n) is 3.50.